The molecule has 0 aromatic carbocycles. The quantitative estimate of drug-likeness (QED) is 0.0691. The second kappa shape index (κ2) is 17.1. The third kappa shape index (κ3) is 9.27. The Morgan fingerprint density at radius 1 is 0.281 bits per heavy atom. The molecule has 40 heteroatoms. The number of halogens is 34. The van der Waals surface area contributed by atoms with Crippen LogP contribution in [0, 0.1) is 0 Å². The summed E-state index contributed by atoms with van der Waals surface area (Å²) in [5.74, 6) is -118. The van der Waals surface area contributed by atoms with Gasteiger partial charge in [0.05, 0.1) is 13.2 Å². The number of carbonyl (C=O) groups excluding carboxylic acids is 2. The van der Waals surface area contributed by atoms with Gasteiger partial charge in [0.25, 0.3) is 0 Å². The van der Waals surface area contributed by atoms with Crippen LogP contribution in [0.5, 0.6) is 0 Å². The normalized spacial score (nSPS) is 16.1. The lowest BCUT2D eigenvalue weighted by Crippen LogP contribution is -2.74. The summed E-state index contributed by atoms with van der Waals surface area (Å²) in [6.07, 6.45) is -31.6. The van der Waals surface area contributed by atoms with Gasteiger partial charge in [0, 0.05) is 12.8 Å². The minimum absolute atomic E-state index is 1.98. The maximum Gasteiger partial charge on any atom is 0.460 e. The first-order valence-electron chi connectivity index (χ1n) is 14.7. The number of rotatable bonds is 20. The summed E-state index contributed by atoms with van der Waals surface area (Å²) >= 11 is 0. The Hall–Kier alpha value is -3.84. The molecule has 0 heterocycles. The minimum atomic E-state index is -8.94. The minimum Gasteiger partial charge on any atom is -0.447 e. The molecule has 0 bridgehead atoms. The van der Waals surface area contributed by atoms with E-state index < -0.39 is 146 Å². The SMILES string of the molecule is O=C(/N=N/C(=O)OCCCC(F)(F)C(F)(F)C(F)(F)C(F)(F)C(F)(F)C(F)(F)C(F)(F)C(F)(F)F)OCCCC(F)(F)C(F)(F)C(F)(F)C(F)(F)C(F)(F)C(F)(F)C(F)(F)C(F)(F)F. The molecule has 0 saturated heterocycles. The molecule has 0 N–H and O–H groups in total. The van der Waals surface area contributed by atoms with Crippen molar-refractivity contribution in [2.45, 2.75) is 121 Å². The van der Waals surface area contributed by atoms with Gasteiger partial charge in [-0.25, -0.2) is 9.59 Å². The predicted molar refractivity (Wildman–Crippen MR) is 127 cm³/mol. The fraction of sp³-hybridized carbons (Fsp3) is 0.917. The Bertz CT molecular complexity index is 1560. The molecule has 0 radical (unpaired) electrons. The topological polar surface area (TPSA) is 77.3 Å². The van der Waals surface area contributed by atoms with E-state index in [1.807, 2.05) is 10.2 Å². The van der Waals surface area contributed by atoms with Crippen LogP contribution in [0.3, 0.4) is 0 Å². The van der Waals surface area contributed by atoms with E-state index in [2.05, 4.69) is 9.47 Å². The highest BCUT2D eigenvalue weighted by Crippen LogP contribution is 2.66. The largest absolute Gasteiger partial charge is 0.460 e. The monoisotopic (exact) mass is 1040 g/mol. The Kier molecular flexibility index (Phi) is 16.1. The van der Waals surface area contributed by atoms with Crippen molar-refractivity contribution < 1.29 is 168 Å². The summed E-state index contributed by atoms with van der Waals surface area (Å²) in [5.41, 5.74) is 0. The highest BCUT2D eigenvalue weighted by molar-refractivity contribution is 5.73. The van der Waals surface area contributed by atoms with Gasteiger partial charge in [-0.05, 0) is 12.8 Å². The number of nitrogens with zero attached hydrogens (tertiary/aromatic N) is 2. The maximum absolute atomic E-state index is 13.8. The molecule has 0 aromatic heterocycles. The van der Waals surface area contributed by atoms with Gasteiger partial charge in [-0.1, -0.05) is 10.2 Å². The van der Waals surface area contributed by atoms with Crippen LogP contribution in [0.2, 0.25) is 0 Å². The highest BCUT2D eigenvalue weighted by atomic mass is 19.4. The van der Waals surface area contributed by atoms with Gasteiger partial charge in [0.15, 0.2) is 0 Å². The molecule has 0 aromatic rings. The van der Waals surface area contributed by atoms with Crippen molar-refractivity contribution in [3.05, 3.63) is 0 Å². The van der Waals surface area contributed by atoms with Crippen molar-refractivity contribution in [1.29, 1.82) is 0 Å². The van der Waals surface area contributed by atoms with Gasteiger partial charge in [-0.2, -0.15) is 149 Å². The van der Waals surface area contributed by atoms with Gasteiger partial charge >= 0.3 is 107 Å². The summed E-state index contributed by atoms with van der Waals surface area (Å²) in [6.45, 7) is -3.96. The summed E-state index contributed by atoms with van der Waals surface area (Å²) in [5, 5.41) is 4.00. The first-order valence-corrected chi connectivity index (χ1v) is 14.7. The molecule has 380 valence electrons. The zero-order valence-electron chi connectivity index (χ0n) is 28.6. The molecule has 0 rings (SSSR count). The first kappa shape index (κ1) is 60.2. The van der Waals surface area contributed by atoms with Crippen molar-refractivity contribution in [2.75, 3.05) is 13.2 Å². The smallest absolute Gasteiger partial charge is 0.447 e. The summed E-state index contributed by atoms with van der Waals surface area (Å²) in [4.78, 5) is 22.5. The van der Waals surface area contributed by atoms with Crippen molar-refractivity contribution >= 4 is 12.2 Å². The van der Waals surface area contributed by atoms with Crippen LogP contribution in [0.25, 0.3) is 0 Å². The lowest BCUT2D eigenvalue weighted by molar-refractivity contribution is -0.461. The van der Waals surface area contributed by atoms with Gasteiger partial charge in [0.1, 0.15) is 0 Å². The molecule has 0 spiro atoms. The number of carbonyl (C=O) groups is 2. The molecule has 0 aliphatic rings. The number of azo groups is 1. The van der Waals surface area contributed by atoms with E-state index in [1.54, 1.807) is 0 Å². The van der Waals surface area contributed by atoms with E-state index in [0.29, 0.717) is 0 Å². The van der Waals surface area contributed by atoms with Crippen molar-refractivity contribution in [3.8, 4) is 0 Å². The van der Waals surface area contributed by atoms with Crippen molar-refractivity contribution in [3.63, 3.8) is 0 Å². The van der Waals surface area contributed by atoms with Crippen LogP contribution in [-0.2, 0) is 9.47 Å². The fourth-order valence-electron chi connectivity index (χ4n) is 3.75. The fourth-order valence-corrected chi connectivity index (χ4v) is 3.75. The molecular weight excluding hydrogens is 1030 g/mol. The molecule has 0 atom stereocenters. The van der Waals surface area contributed by atoms with Gasteiger partial charge in [-0.15, -0.1) is 0 Å². The van der Waals surface area contributed by atoms with E-state index >= 15 is 0 Å². The lowest BCUT2D eigenvalue weighted by atomic mass is 9.88. The second-order valence-corrected chi connectivity index (χ2v) is 11.9. The third-order valence-corrected chi connectivity index (χ3v) is 7.51. The number of hydrogen-bond acceptors (Lipinski definition) is 4. The van der Waals surface area contributed by atoms with Crippen LogP contribution >= 0.6 is 0 Å². The zero-order valence-corrected chi connectivity index (χ0v) is 28.6. The molecule has 64 heavy (non-hydrogen) atoms. The highest BCUT2D eigenvalue weighted by Gasteiger charge is 2.96. The standard InChI is InChI=1S/C24H12F34N2O4/c25-9(26,11(29,30)13(33,34)15(37,38)17(41,42)19(45,46)21(49,50)23(53,54)55)3-1-5-63-7(61)59-60-8(62)64-6-2-4-10(27,28)12(31,32)14(35,36)16(39,40)18(43,44)20(47,48)22(51,52)24(56,57)58/h1-6H2/b60-59+. The maximum atomic E-state index is 13.8. The second-order valence-electron chi connectivity index (χ2n) is 11.9. The Morgan fingerprint density at radius 2 is 0.453 bits per heavy atom. The first-order chi connectivity index (χ1) is 27.5. The third-order valence-electron chi connectivity index (χ3n) is 7.51. The van der Waals surface area contributed by atoms with Crippen LogP contribution in [0.4, 0.5) is 159 Å². The molecule has 0 unspecified atom stereocenters. The molecule has 0 saturated carbocycles. The van der Waals surface area contributed by atoms with E-state index in [9.17, 15) is 159 Å². The van der Waals surface area contributed by atoms with Crippen LogP contribution < -0.4 is 0 Å². The predicted octanol–water partition coefficient (Wildman–Crippen LogP) is 13.3. The van der Waals surface area contributed by atoms with Gasteiger partial charge in [0.2, 0.25) is 0 Å². The van der Waals surface area contributed by atoms with Crippen LogP contribution in [-0.4, -0.2) is 121 Å². The molecule has 6 nitrogen and oxygen atoms in total. The Labute approximate surface area is 326 Å². The average Bonchev–Trinajstić information content (AvgIpc) is 3.08. The number of amides is 2. The van der Waals surface area contributed by atoms with E-state index in [1.165, 1.54) is 0 Å². The number of hydrogen-bond donors (Lipinski definition) is 0. The van der Waals surface area contributed by atoms with E-state index in [-0.39, 0.29) is 0 Å². The molecule has 2 amide bonds. The zero-order chi connectivity index (χ0) is 52.2. The Balaban J connectivity index is 5.68. The molecule has 0 aliphatic carbocycles. The van der Waals surface area contributed by atoms with E-state index in [4.69, 9.17) is 0 Å². The molecule has 0 fully saturated rings. The van der Waals surface area contributed by atoms with Gasteiger partial charge in [-0.3, -0.25) is 0 Å². The molecular formula is C24H12F34N2O4. The number of alkyl halides is 34. The summed E-state index contributed by atoms with van der Waals surface area (Å²) in [6, 6.07) is 0. The van der Waals surface area contributed by atoms with Gasteiger partial charge < -0.3 is 9.47 Å². The van der Waals surface area contributed by atoms with Crippen LogP contribution in [0.1, 0.15) is 25.7 Å². The lowest BCUT2D eigenvalue weighted by Gasteiger charge is -2.42. The van der Waals surface area contributed by atoms with Crippen molar-refractivity contribution in [1.82, 2.24) is 0 Å². The number of ether oxygens (including phenoxy) is 2. The summed E-state index contributed by atoms with van der Waals surface area (Å²) < 4.78 is 458. The van der Waals surface area contributed by atoms with Crippen LogP contribution in [0.15, 0.2) is 10.2 Å². The summed E-state index contributed by atoms with van der Waals surface area (Å²) in [7, 11) is 0. The van der Waals surface area contributed by atoms with Crippen molar-refractivity contribution in [2.24, 2.45) is 10.2 Å². The van der Waals surface area contributed by atoms with E-state index in [0.717, 1.165) is 0 Å². The molecule has 0 aliphatic heterocycles. The Morgan fingerprint density at radius 3 is 0.641 bits per heavy atom. The average molecular weight is 1040 g/mol.